The Hall–Kier alpha value is -0.970. The molecule has 0 aromatic heterocycles. The van der Waals surface area contributed by atoms with Crippen molar-refractivity contribution in [2.75, 3.05) is 34.0 Å². The molecule has 1 N–H and O–H groups in total. The van der Waals surface area contributed by atoms with Gasteiger partial charge in [-0.15, -0.1) is 0 Å². The lowest BCUT2D eigenvalue weighted by Gasteiger charge is -2.20. The minimum Gasteiger partial charge on any atom is -0.495 e. The molecule has 0 spiro atoms. The average Bonchev–Trinajstić information content (AvgIpc) is 2.41. The summed E-state index contributed by atoms with van der Waals surface area (Å²) in [7, 11) is 3.20. The van der Waals surface area contributed by atoms with Crippen LogP contribution in [0, 0.1) is 0 Å². The SMILES string of the molecule is COc1ccc(CCOCCNC(C)(C)C)c(OC)c1Cl. The number of benzene rings is 1. The Balaban J connectivity index is 2.44. The maximum Gasteiger partial charge on any atom is 0.144 e. The van der Waals surface area contributed by atoms with Gasteiger partial charge < -0.3 is 19.5 Å². The smallest absolute Gasteiger partial charge is 0.144 e. The van der Waals surface area contributed by atoms with Crippen LogP contribution in [-0.2, 0) is 11.2 Å². The van der Waals surface area contributed by atoms with Crippen molar-refractivity contribution in [3.05, 3.63) is 22.7 Å². The standard InChI is InChI=1S/C16H26ClNO3/c1-16(2,3)18-9-11-21-10-8-12-6-7-13(19-4)14(17)15(12)20-5/h6-7,18H,8-11H2,1-5H3. The molecule has 0 saturated heterocycles. The number of halogens is 1. The van der Waals surface area contributed by atoms with E-state index in [0.717, 1.165) is 18.5 Å². The lowest BCUT2D eigenvalue weighted by Crippen LogP contribution is -2.38. The summed E-state index contributed by atoms with van der Waals surface area (Å²) in [5.74, 6) is 1.28. The summed E-state index contributed by atoms with van der Waals surface area (Å²) in [5.41, 5.74) is 1.14. The third kappa shape index (κ3) is 6.12. The van der Waals surface area contributed by atoms with Crippen LogP contribution in [0.25, 0.3) is 0 Å². The van der Waals surface area contributed by atoms with Gasteiger partial charge in [0.05, 0.1) is 27.4 Å². The van der Waals surface area contributed by atoms with Crippen LogP contribution in [0.1, 0.15) is 26.3 Å². The third-order valence-corrected chi connectivity index (χ3v) is 3.34. The number of methoxy groups -OCH3 is 2. The highest BCUT2D eigenvalue weighted by Gasteiger charge is 2.13. The zero-order chi connectivity index (χ0) is 15.9. The monoisotopic (exact) mass is 315 g/mol. The number of hydrogen-bond acceptors (Lipinski definition) is 4. The second-order valence-electron chi connectivity index (χ2n) is 5.81. The molecule has 0 aliphatic carbocycles. The second-order valence-corrected chi connectivity index (χ2v) is 6.19. The highest BCUT2D eigenvalue weighted by atomic mass is 35.5. The van der Waals surface area contributed by atoms with Crippen molar-refractivity contribution >= 4 is 11.6 Å². The van der Waals surface area contributed by atoms with E-state index in [2.05, 4.69) is 26.1 Å². The van der Waals surface area contributed by atoms with Crippen molar-refractivity contribution < 1.29 is 14.2 Å². The molecule has 1 aromatic carbocycles. The normalized spacial score (nSPS) is 11.5. The third-order valence-electron chi connectivity index (χ3n) is 2.98. The van der Waals surface area contributed by atoms with E-state index < -0.39 is 0 Å². The van der Waals surface area contributed by atoms with Gasteiger partial charge in [-0.1, -0.05) is 17.7 Å². The van der Waals surface area contributed by atoms with Gasteiger partial charge in [-0.3, -0.25) is 0 Å². The van der Waals surface area contributed by atoms with E-state index in [-0.39, 0.29) is 5.54 Å². The highest BCUT2D eigenvalue weighted by molar-refractivity contribution is 6.33. The zero-order valence-electron chi connectivity index (χ0n) is 13.6. The van der Waals surface area contributed by atoms with Crippen LogP contribution in [0.2, 0.25) is 5.02 Å². The van der Waals surface area contributed by atoms with E-state index in [1.165, 1.54) is 0 Å². The van der Waals surface area contributed by atoms with E-state index in [4.69, 9.17) is 25.8 Å². The fourth-order valence-corrected chi connectivity index (χ4v) is 2.27. The van der Waals surface area contributed by atoms with Crippen molar-refractivity contribution in [2.45, 2.75) is 32.7 Å². The first-order valence-electron chi connectivity index (χ1n) is 7.11. The summed E-state index contributed by atoms with van der Waals surface area (Å²) in [4.78, 5) is 0. The molecule has 4 nitrogen and oxygen atoms in total. The fraction of sp³-hybridized carbons (Fsp3) is 0.625. The van der Waals surface area contributed by atoms with Crippen LogP contribution in [0.3, 0.4) is 0 Å². The molecule has 0 unspecified atom stereocenters. The molecule has 0 saturated carbocycles. The average molecular weight is 316 g/mol. The van der Waals surface area contributed by atoms with Crippen LogP contribution >= 0.6 is 11.6 Å². The van der Waals surface area contributed by atoms with Gasteiger partial charge in [0.2, 0.25) is 0 Å². The van der Waals surface area contributed by atoms with E-state index in [1.807, 2.05) is 12.1 Å². The lowest BCUT2D eigenvalue weighted by atomic mass is 10.1. The Labute approximate surface area is 132 Å². The quantitative estimate of drug-likeness (QED) is 0.747. The van der Waals surface area contributed by atoms with Gasteiger partial charge in [0, 0.05) is 12.1 Å². The summed E-state index contributed by atoms with van der Waals surface area (Å²) in [5, 5.41) is 3.89. The summed E-state index contributed by atoms with van der Waals surface area (Å²) < 4.78 is 16.2. The van der Waals surface area contributed by atoms with Crippen LogP contribution in [0.4, 0.5) is 0 Å². The van der Waals surface area contributed by atoms with Crippen molar-refractivity contribution in [3.63, 3.8) is 0 Å². The second kappa shape index (κ2) is 8.47. The first kappa shape index (κ1) is 18.1. The Morgan fingerprint density at radius 2 is 1.81 bits per heavy atom. The molecule has 0 radical (unpaired) electrons. The number of ether oxygens (including phenoxy) is 3. The molecular weight excluding hydrogens is 290 g/mol. The Bertz CT molecular complexity index is 444. The lowest BCUT2D eigenvalue weighted by molar-refractivity contribution is 0.133. The molecule has 0 atom stereocenters. The van der Waals surface area contributed by atoms with Crippen molar-refractivity contribution in [1.29, 1.82) is 0 Å². The molecule has 1 aromatic rings. The van der Waals surface area contributed by atoms with Gasteiger partial charge in [0.1, 0.15) is 16.5 Å². The molecule has 21 heavy (non-hydrogen) atoms. The predicted octanol–water partition coefficient (Wildman–Crippen LogP) is 3.30. The molecule has 1 rings (SSSR count). The summed E-state index contributed by atoms with van der Waals surface area (Å²) >= 11 is 6.23. The number of nitrogens with one attached hydrogen (secondary N) is 1. The summed E-state index contributed by atoms with van der Waals surface area (Å²) in [6.07, 6.45) is 0.752. The van der Waals surface area contributed by atoms with E-state index in [9.17, 15) is 0 Å². The van der Waals surface area contributed by atoms with E-state index in [0.29, 0.717) is 29.7 Å². The first-order chi connectivity index (χ1) is 9.89. The maximum absolute atomic E-state index is 6.23. The van der Waals surface area contributed by atoms with Crippen molar-refractivity contribution in [3.8, 4) is 11.5 Å². The Kier molecular flexibility index (Phi) is 7.29. The minimum atomic E-state index is 0.121. The van der Waals surface area contributed by atoms with Crippen LogP contribution in [0.15, 0.2) is 12.1 Å². The number of hydrogen-bond donors (Lipinski definition) is 1. The molecule has 0 amide bonds. The molecule has 0 aliphatic heterocycles. The van der Waals surface area contributed by atoms with Crippen molar-refractivity contribution in [1.82, 2.24) is 5.32 Å². The molecule has 0 bridgehead atoms. The molecule has 0 fully saturated rings. The van der Waals surface area contributed by atoms with Crippen LogP contribution in [0.5, 0.6) is 11.5 Å². The number of rotatable bonds is 8. The van der Waals surface area contributed by atoms with Gasteiger partial charge in [0.25, 0.3) is 0 Å². The van der Waals surface area contributed by atoms with Crippen LogP contribution in [-0.4, -0.2) is 39.5 Å². The molecule has 0 heterocycles. The summed E-state index contributed by atoms with van der Waals surface area (Å²) in [6, 6.07) is 3.81. The zero-order valence-corrected chi connectivity index (χ0v) is 14.3. The van der Waals surface area contributed by atoms with Gasteiger partial charge in [0.15, 0.2) is 0 Å². The minimum absolute atomic E-state index is 0.121. The van der Waals surface area contributed by atoms with Gasteiger partial charge in [-0.25, -0.2) is 0 Å². The van der Waals surface area contributed by atoms with E-state index >= 15 is 0 Å². The van der Waals surface area contributed by atoms with Crippen LogP contribution < -0.4 is 14.8 Å². The molecule has 0 aliphatic rings. The first-order valence-corrected chi connectivity index (χ1v) is 7.49. The topological polar surface area (TPSA) is 39.7 Å². The molecule has 120 valence electrons. The fourth-order valence-electron chi connectivity index (χ4n) is 1.94. The predicted molar refractivity (Wildman–Crippen MR) is 86.8 cm³/mol. The largest absolute Gasteiger partial charge is 0.495 e. The van der Waals surface area contributed by atoms with Gasteiger partial charge in [-0.05, 0) is 38.8 Å². The van der Waals surface area contributed by atoms with Crippen molar-refractivity contribution in [2.24, 2.45) is 0 Å². The highest BCUT2D eigenvalue weighted by Crippen LogP contribution is 2.36. The maximum atomic E-state index is 6.23. The van der Waals surface area contributed by atoms with Gasteiger partial charge in [-0.2, -0.15) is 0 Å². The Morgan fingerprint density at radius 1 is 1.10 bits per heavy atom. The molecule has 5 heteroatoms. The Morgan fingerprint density at radius 3 is 2.38 bits per heavy atom. The molecular formula is C16H26ClNO3. The summed E-state index contributed by atoms with van der Waals surface area (Å²) in [6.45, 7) is 8.56. The van der Waals surface area contributed by atoms with E-state index in [1.54, 1.807) is 14.2 Å². The van der Waals surface area contributed by atoms with Gasteiger partial charge >= 0.3 is 0 Å².